The first kappa shape index (κ1) is 11.6. The molecule has 0 aliphatic rings. The molecule has 4 nitrogen and oxygen atoms in total. The van der Waals surface area contributed by atoms with Crippen LogP contribution in [-0.4, -0.2) is 5.71 Å². The summed E-state index contributed by atoms with van der Waals surface area (Å²) in [5.74, 6) is 0.446. The molecule has 0 aromatic heterocycles. The van der Waals surface area contributed by atoms with Crippen molar-refractivity contribution in [3.8, 4) is 0 Å². The fraction of sp³-hybridized carbons (Fsp3) is 0.100. The van der Waals surface area contributed by atoms with Crippen molar-refractivity contribution < 1.29 is 0 Å². The lowest BCUT2D eigenvalue weighted by Gasteiger charge is -2.07. The topological polar surface area (TPSA) is 87.9 Å². The molecule has 0 aliphatic carbocycles. The Balaban J connectivity index is 2.76. The zero-order valence-corrected chi connectivity index (χ0v) is 9.27. The monoisotopic (exact) mass is 222 g/mol. The van der Waals surface area contributed by atoms with Gasteiger partial charge in [-0.2, -0.15) is 0 Å². The van der Waals surface area contributed by atoms with Gasteiger partial charge in [0.2, 0.25) is 0 Å². The summed E-state index contributed by atoms with van der Waals surface area (Å²) in [7, 11) is 0. The van der Waals surface area contributed by atoms with E-state index in [-0.39, 0.29) is 0 Å². The zero-order valence-electron chi connectivity index (χ0n) is 8.45. The molecule has 0 saturated heterocycles. The van der Waals surface area contributed by atoms with Crippen LogP contribution < -0.4 is 16.2 Å². The molecule has 0 radical (unpaired) electrons. The van der Waals surface area contributed by atoms with Crippen LogP contribution in [0.3, 0.4) is 0 Å². The molecule has 0 aliphatic heterocycles. The Morgan fingerprint density at radius 3 is 2.87 bits per heavy atom. The largest absolute Gasteiger partial charge is 0.385 e. The Labute approximate surface area is 93.4 Å². The van der Waals surface area contributed by atoms with Crippen molar-refractivity contribution in [2.45, 2.75) is 11.8 Å². The highest BCUT2D eigenvalue weighted by molar-refractivity contribution is 7.97. The molecule has 0 bridgehead atoms. The van der Waals surface area contributed by atoms with Crippen molar-refractivity contribution in [1.82, 2.24) is 0 Å². The van der Waals surface area contributed by atoms with E-state index in [0.717, 1.165) is 10.6 Å². The van der Waals surface area contributed by atoms with E-state index in [4.69, 9.17) is 16.3 Å². The minimum atomic E-state index is 0.407. The highest BCUT2D eigenvalue weighted by Crippen LogP contribution is 2.17. The Morgan fingerprint density at radius 2 is 2.27 bits per heavy atom. The minimum Gasteiger partial charge on any atom is -0.385 e. The molecule has 0 amide bonds. The third-order valence-corrected chi connectivity index (χ3v) is 2.16. The second-order valence-electron chi connectivity index (χ2n) is 3.05. The van der Waals surface area contributed by atoms with Crippen molar-refractivity contribution in [3.63, 3.8) is 0 Å². The van der Waals surface area contributed by atoms with Crippen molar-refractivity contribution in [2.75, 3.05) is 5.32 Å². The van der Waals surface area contributed by atoms with Crippen LogP contribution in [-0.2, 0) is 0 Å². The standard InChI is InChI=1S/C10H14N4S/c1-7(11)5-10(12)14-8-3-2-4-9(6-8)15-13/h2-6,11,14H,12-13H2,1H3/b10-5-,11-7?. The second-order valence-corrected chi connectivity index (χ2v) is 3.76. The predicted octanol–water partition coefficient (Wildman–Crippen LogP) is 1.90. The van der Waals surface area contributed by atoms with Crippen LogP contribution in [0, 0.1) is 5.41 Å². The normalized spacial score (nSPS) is 11.2. The number of hydrogen-bond acceptors (Lipinski definition) is 5. The van der Waals surface area contributed by atoms with Crippen LogP contribution in [0.4, 0.5) is 5.69 Å². The van der Waals surface area contributed by atoms with E-state index in [1.54, 1.807) is 13.0 Å². The van der Waals surface area contributed by atoms with E-state index >= 15 is 0 Å². The number of nitrogens with two attached hydrogens (primary N) is 2. The number of allylic oxidation sites excluding steroid dienone is 1. The molecule has 0 heterocycles. The molecule has 1 rings (SSSR count). The maximum atomic E-state index is 7.25. The fourth-order valence-corrected chi connectivity index (χ4v) is 1.44. The number of benzene rings is 1. The summed E-state index contributed by atoms with van der Waals surface area (Å²) < 4.78 is 0. The molecular formula is C10H14N4S. The molecule has 0 spiro atoms. The van der Waals surface area contributed by atoms with Gasteiger partial charge in [0.1, 0.15) is 5.82 Å². The SMILES string of the molecule is CC(=N)/C=C(/N)Nc1cccc(SN)c1. The fourth-order valence-electron chi connectivity index (χ4n) is 1.08. The first-order chi connectivity index (χ1) is 7.11. The Morgan fingerprint density at radius 1 is 1.53 bits per heavy atom. The van der Waals surface area contributed by atoms with Crippen LogP contribution in [0.2, 0.25) is 0 Å². The van der Waals surface area contributed by atoms with Gasteiger partial charge in [-0.1, -0.05) is 6.07 Å². The highest BCUT2D eigenvalue weighted by atomic mass is 32.2. The molecule has 0 atom stereocenters. The van der Waals surface area contributed by atoms with Crippen molar-refractivity contribution in [3.05, 3.63) is 36.2 Å². The Bertz CT molecular complexity index is 387. The van der Waals surface area contributed by atoms with E-state index in [1.807, 2.05) is 24.3 Å². The second kappa shape index (κ2) is 5.43. The summed E-state index contributed by atoms with van der Waals surface area (Å²) in [4.78, 5) is 0.958. The molecule has 5 heteroatoms. The van der Waals surface area contributed by atoms with Crippen LogP contribution in [0.15, 0.2) is 41.1 Å². The quantitative estimate of drug-likeness (QED) is 0.463. The summed E-state index contributed by atoms with van der Waals surface area (Å²) in [5, 5.41) is 15.7. The highest BCUT2D eigenvalue weighted by Gasteiger charge is 1.96. The van der Waals surface area contributed by atoms with Gasteiger partial charge >= 0.3 is 0 Å². The molecule has 1 aromatic rings. The summed E-state index contributed by atoms with van der Waals surface area (Å²) in [6.07, 6.45) is 1.56. The van der Waals surface area contributed by atoms with Gasteiger partial charge in [0.05, 0.1) is 0 Å². The van der Waals surface area contributed by atoms with Crippen molar-refractivity contribution in [2.24, 2.45) is 10.9 Å². The van der Waals surface area contributed by atoms with Crippen molar-refractivity contribution in [1.29, 1.82) is 5.41 Å². The first-order valence-electron chi connectivity index (χ1n) is 4.38. The number of nitrogens with one attached hydrogen (secondary N) is 2. The lowest BCUT2D eigenvalue weighted by atomic mass is 10.3. The van der Waals surface area contributed by atoms with Gasteiger partial charge in [0.15, 0.2) is 0 Å². The molecule has 1 aromatic carbocycles. The molecule has 15 heavy (non-hydrogen) atoms. The number of hydrogen-bond donors (Lipinski definition) is 4. The third-order valence-electron chi connectivity index (χ3n) is 1.63. The van der Waals surface area contributed by atoms with Gasteiger partial charge in [0, 0.05) is 16.3 Å². The number of anilines is 1. The Kier molecular flexibility index (Phi) is 4.20. The molecule has 0 saturated carbocycles. The maximum Gasteiger partial charge on any atom is 0.102 e. The van der Waals surface area contributed by atoms with Gasteiger partial charge in [-0.05, 0) is 43.1 Å². The average molecular weight is 222 g/mol. The van der Waals surface area contributed by atoms with Gasteiger partial charge in [-0.25, -0.2) is 0 Å². The third kappa shape index (κ3) is 4.05. The lowest BCUT2D eigenvalue weighted by molar-refractivity contribution is 1.29. The van der Waals surface area contributed by atoms with E-state index in [1.165, 1.54) is 11.9 Å². The molecule has 6 N–H and O–H groups in total. The predicted molar refractivity (Wildman–Crippen MR) is 65.8 cm³/mol. The molecular weight excluding hydrogens is 208 g/mol. The first-order valence-corrected chi connectivity index (χ1v) is 5.26. The summed E-state index contributed by atoms with van der Waals surface area (Å²) in [6.45, 7) is 1.67. The van der Waals surface area contributed by atoms with Gasteiger partial charge in [0.25, 0.3) is 0 Å². The summed E-state index contributed by atoms with van der Waals surface area (Å²) in [6, 6.07) is 7.59. The number of rotatable bonds is 4. The van der Waals surface area contributed by atoms with E-state index < -0.39 is 0 Å². The van der Waals surface area contributed by atoms with E-state index in [0.29, 0.717) is 11.5 Å². The Hall–Kier alpha value is -1.46. The van der Waals surface area contributed by atoms with Gasteiger partial charge < -0.3 is 16.5 Å². The maximum absolute atomic E-state index is 7.25. The molecule has 0 unspecified atom stereocenters. The summed E-state index contributed by atoms with van der Waals surface area (Å²) in [5.41, 5.74) is 6.94. The van der Waals surface area contributed by atoms with Crippen LogP contribution >= 0.6 is 11.9 Å². The van der Waals surface area contributed by atoms with Crippen LogP contribution in [0.5, 0.6) is 0 Å². The van der Waals surface area contributed by atoms with Crippen LogP contribution in [0.25, 0.3) is 0 Å². The van der Waals surface area contributed by atoms with E-state index in [2.05, 4.69) is 5.32 Å². The smallest absolute Gasteiger partial charge is 0.102 e. The average Bonchev–Trinajstić information content (AvgIpc) is 2.16. The van der Waals surface area contributed by atoms with Gasteiger partial charge in [-0.15, -0.1) is 0 Å². The minimum absolute atomic E-state index is 0.407. The van der Waals surface area contributed by atoms with Crippen molar-refractivity contribution >= 4 is 23.3 Å². The van der Waals surface area contributed by atoms with Gasteiger partial charge in [-0.3, -0.25) is 5.14 Å². The zero-order chi connectivity index (χ0) is 11.3. The van der Waals surface area contributed by atoms with Crippen LogP contribution in [0.1, 0.15) is 6.92 Å². The summed E-state index contributed by atoms with van der Waals surface area (Å²) >= 11 is 1.18. The molecule has 80 valence electrons. The lowest BCUT2D eigenvalue weighted by Crippen LogP contribution is -2.10. The van der Waals surface area contributed by atoms with E-state index in [9.17, 15) is 0 Å². The molecule has 0 fully saturated rings.